The van der Waals surface area contributed by atoms with E-state index < -0.39 is 11.2 Å². The Morgan fingerprint density at radius 2 is 1.66 bits per heavy atom. The maximum atomic E-state index is 13.5. The van der Waals surface area contributed by atoms with Gasteiger partial charge in [-0.05, 0) is 31.2 Å². The molecule has 176 valence electrons. The number of aromatic amines is 1. The number of H-pyrrole nitrogens is 1. The molecule has 0 unspecified atom stereocenters. The Morgan fingerprint density at radius 1 is 1.03 bits per heavy atom. The minimum atomic E-state index is -0.638. The van der Waals surface area contributed by atoms with E-state index in [1.54, 1.807) is 0 Å². The average molecular weight is 444 g/mol. The molecule has 8 nitrogen and oxygen atoms in total. The summed E-state index contributed by atoms with van der Waals surface area (Å²) < 4.78 is 1.34. The van der Waals surface area contributed by atoms with Gasteiger partial charge < -0.3 is 10.6 Å². The second-order valence-corrected chi connectivity index (χ2v) is 9.38. The van der Waals surface area contributed by atoms with Gasteiger partial charge in [0, 0.05) is 25.7 Å². The molecule has 0 radical (unpaired) electrons. The zero-order valence-corrected chi connectivity index (χ0v) is 20.1. The number of benzene rings is 1. The lowest BCUT2D eigenvalue weighted by atomic mass is 10.1. The fraction of sp³-hybridized carbons (Fsp3) is 0.542. The lowest BCUT2D eigenvalue weighted by Crippen LogP contribution is -2.47. The second kappa shape index (κ2) is 11.1. The highest BCUT2D eigenvalue weighted by molar-refractivity contribution is 5.96. The summed E-state index contributed by atoms with van der Waals surface area (Å²) in [4.78, 5) is 44.5. The molecule has 32 heavy (non-hydrogen) atoms. The number of rotatable bonds is 10. The van der Waals surface area contributed by atoms with Crippen molar-refractivity contribution in [3.63, 3.8) is 0 Å². The molecule has 1 aromatic heterocycles. The molecule has 2 aromatic rings. The van der Waals surface area contributed by atoms with E-state index in [1.807, 2.05) is 71.9 Å². The third kappa shape index (κ3) is 6.56. The zero-order valence-electron chi connectivity index (χ0n) is 20.1. The summed E-state index contributed by atoms with van der Waals surface area (Å²) in [5, 5.41) is 0. The van der Waals surface area contributed by atoms with E-state index in [0.717, 1.165) is 5.56 Å². The van der Waals surface area contributed by atoms with Crippen LogP contribution in [0.4, 0.5) is 11.5 Å². The van der Waals surface area contributed by atoms with Crippen molar-refractivity contribution < 1.29 is 4.79 Å². The molecule has 2 rings (SSSR count). The van der Waals surface area contributed by atoms with Crippen LogP contribution < -0.4 is 21.9 Å². The largest absolute Gasteiger partial charge is 0.383 e. The molecule has 0 aliphatic heterocycles. The topological polar surface area (TPSA) is 104 Å². The van der Waals surface area contributed by atoms with Crippen LogP contribution in [0.3, 0.4) is 0 Å². The van der Waals surface area contributed by atoms with Gasteiger partial charge in [0.1, 0.15) is 5.82 Å². The van der Waals surface area contributed by atoms with Gasteiger partial charge in [0.05, 0.1) is 6.54 Å². The molecule has 1 heterocycles. The van der Waals surface area contributed by atoms with Gasteiger partial charge in [0.15, 0.2) is 5.69 Å². The number of nitrogen functional groups attached to an aromatic ring is 1. The quantitative estimate of drug-likeness (QED) is 0.587. The van der Waals surface area contributed by atoms with Crippen LogP contribution in [0.5, 0.6) is 0 Å². The minimum absolute atomic E-state index is 0.0283. The lowest BCUT2D eigenvalue weighted by molar-refractivity contribution is -0.120. The summed E-state index contributed by atoms with van der Waals surface area (Å²) in [6.07, 6.45) is 0. The number of hydrogen-bond donors (Lipinski definition) is 2. The highest BCUT2D eigenvalue weighted by Crippen LogP contribution is 2.20. The van der Waals surface area contributed by atoms with Crippen LogP contribution in [0.25, 0.3) is 0 Å². The standard InChI is InChI=1S/C24H37N5O3/c1-16(2)12-28(21-22(25)29(13-17(3)4)24(32)26-23(21)31)20(30)15-27(18(5)6)14-19-10-8-7-9-11-19/h7-11,16-18H,12-15,25H2,1-6H3,(H,26,31,32). The van der Waals surface area contributed by atoms with Crippen LogP contribution in [0, 0.1) is 11.8 Å². The van der Waals surface area contributed by atoms with Crippen molar-refractivity contribution in [2.24, 2.45) is 11.8 Å². The Kier molecular flexibility index (Phi) is 8.83. The predicted octanol–water partition coefficient (Wildman–Crippen LogP) is 2.67. The van der Waals surface area contributed by atoms with Crippen LogP contribution in [0.15, 0.2) is 39.9 Å². The third-order valence-corrected chi connectivity index (χ3v) is 5.18. The highest BCUT2D eigenvalue weighted by Gasteiger charge is 2.27. The molecular formula is C24H37N5O3. The summed E-state index contributed by atoms with van der Waals surface area (Å²) in [6.45, 7) is 13.3. The van der Waals surface area contributed by atoms with E-state index in [1.165, 1.54) is 9.47 Å². The first kappa shape index (κ1) is 25.4. The van der Waals surface area contributed by atoms with Crippen molar-refractivity contribution in [1.82, 2.24) is 14.5 Å². The number of carbonyl (C=O) groups excluding carboxylic acids is 1. The van der Waals surface area contributed by atoms with Crippen LogP contribution in [-0.2, 0) is 17.9 Å². The van der Waals surface area contributed by atoms with Gasteiger partial charge in [-0.25, -0.2) is 4.79 Å². The van der Waals surface area contributed by atoms with Crippen LogP contribution in [-0.4, -0.2) is 39.5 Å². The summed E-state index contributed by atoms with van der Waals surface area (Å²) in [5.74, 6) is 0.0473. The monoisotopic (exact) mass is 443 g/mol. The summed E-state index contributed by atoms with van der Waals surface area (Å²) in [7, 11) is 0. The number of amides is 1. The summed E-state index contributed by atoms with van der Waals surface area (Å²) in [6, 6.07) is 10.1. The van der Waals surface area contributed by atoms with Crippen molar-refractivity contribution in [2.75, 3.05) is 23.7 Å². The molecule has 0 aliphatic rings. The Bertz CT molecular complexity index is 1010. The number of nitrogens with zero attached hydrogens (tertiary/aromatic N) is 3. The van der Waals surface area contributed by atoms with E-state index in [9.17, 15) is 14.4 Å². The SMILES string of the molecule is CC(C)CN(C(=O)CN(Cc1ccccc1)C(C)C)c1c(N)n(CC(C)C)c(=O)[nH]c1=O. The zero-order chi connectivity index (χ0) is 24.0. The second-order valence-electron chi connectivity index (χ2n) is 9.38. The number of carbonyl (C=O) groups is 1. The van der Waals surface area contributed by atoms with Gasteiger partial charge in [-0.1, -0.05) is 58.0 Å². The van der Waals surface area contributed by atoms with Gasteiger partial charge in [0.2, 0.25) is 5.91 Å². The van der Waals surface area contributed by atoms with Gasteiger partial charge in [-0.15, -0.1) is 0 Å². The van der Waals surface area contributed by atoms with Crippen molar-refractivity contribution in [1.29, 1.82) is 0 Å². The number of nitrogens with two attached hydrogens (primary N) is 1. The fourth-order valence-electron chi connectivity index (χ4n) is 3.57. The van der Waals surface area contributed by atoms with Gasteiger partial charge in [-0.2, -0.15) is 0 Å². The van der Waals surface area contributed by atoms with Gasteiger partial charge in [0.25, 0.3) is 5.56 Å². The summed E-state index contributed by atoms with van der Waals surface area (Å²) >= 11 is 0. The van der Waals surface area contributed by atoms with Gasteiger partial charge >= 0.3 is 5.69 Å². The number of anilines is 2. The summed E-state index contributed by atoms with van der Waals surface area (Å²) in [5.41, 5.74) is 6.25. The molecule has 0 atom stereocenters. The first-order chi connectivity index (χ1) is 15.0. The average Bonchev–Trinajstić information content (AvgIpc) is 2.70. The number of aromatic nitrogens is 2. The Morgan fingerprint density at radius 3 is 2.19 bits per heavy atom. The highest BCUT2D eigenvalue weighted by atomic mass is 16.2. The predicted molar refractivity (Wildman–Crippen MR) is 130 cm³/mol. The van der Waals surface area contributed by atoms with Crippen molar-refractivity contribution in [3.8, 4) is 0 Å². The van der Waals surface area contributed by atoms with E-state index in [2.05, 4.69) is 9.88 Å². The van der Waals surface area contributed by atoms with Crippen molar-refractivity contribution in [3.05, 3.63) is 56.7 Å². The van der Waals surface area contributed by atoms with E-state index in [-0.39, 0.29) is 41.8 Å². The molecule has 0 bridgehead atoms. The molecule has 0 spiro atoms. The Labute approximate surface area is 190 Å². The van der Waals surface area contributed by atoms with E-state index in [4.69, 9.17) is 5.73 Å². The van der Waals surface area contributed by atoms with Crippen molar-refractivity contribution in [2.45, 2.75) is 60.7 Å². The molecule has 8 heteroatoms. The lowest BCUT2D eigenvalue weighted by Gasteiger charge is -2.31. The van der Waals surface area contributed by atoms with Crippen molar-refractivity contribution >= 4 is 17.4 Å². The molecule has 0 aliphatic carbocycles. The normalized spacial score (nSPS) is 11.7. The van der Waals surface area contributed by atoms with Crippen LogP contribution in [0.2, 0.25) is 0 Å². The Hall–Kier alpha value is -2.87. The molecule has 0 saturated carbocycles. The van der Waals surface area contributed by atoms with Gasteiger partial charge in [-0.3, -0.25) is 24.0 Å². The maximum Gasteiger partial charge on any atom is 0.330 e. The van der Waals surface area contributed by atoms with Crippen LogP contribution >= 0.6 is 0 Å². The van der Waals surface area contributed by atoms with E-state index >= 15 is 0 Å². The van der Waals surface area contributed by atoms with Crippen LogP contribution in [0.1, 0.15) is 47.1 Å². The Balaban J connectivity index is 2.44. The molecule has 3 N–H and O–H groups in total. The molecule has 1 aromatic carbocycles. The van der Waals surface area contributed by atoms with E-state index in [0.29, 0.717) is 19.6 Å². The maximum absolute atomic E-state index is 13.5. The molecule has 1 amide bonds. The first-order valence-electron chi connectivity index (χ1n) is 11.2. The molecular weight excluding hydrogens is 406 g/mol. The number of hydrogen-bond acceptors (Lipinski definition) is 5. The first-order valence-corrected chi connectivity index (χ1v) is 11.2. The third-order valence-electron chi connectivity index (χ3n) is 5.18. The molecule has 0 saturated heterocycles. The fourth-order valence-corrected chi connectivity index (χ4v) is 3.57. The molecule has 0 fully saturated rings. The smallest absolute Gasteiger partial charge is 0.330 e. The number of nitrogens with one attached hydrogen (secondary N) is 1. The minimum Gasteiger partial charge on any atom is -0.383 e.